The fourth-order valence-corrected chi connectivity index (χ4v) is 5.89. The Kier molecular flexibility index (Phi) is 7.82. The highest BCUT2D eigenvalue weighted by Crippen LogP contribution is 2.34. The maximum atomic E-state index is 14.6. The number of halogens is 4. The Morgan fingerprint density at radius 3 is 2.22 bits per heavy atom. The highest BCUT2D eigenvalue weighted by Gasteiger charge is 2.40. The Balaban J connectivity index is 1.50. The molecule has 0 aliphatic carbocycles. The summed E-state index contributed by atoms with van der Waals surface area (Å²) in [5, 5.41) is 0. The van der Waals surface area contributed by atoms with Crippen LogP contribution in [-0.4, -0.2) is 92.1 Å². The van der Waals surface area contributed by atoms with Gasteiger partial charge in [-0.1, -0.05) is 36.4 Å². The van der Waals surface area contributed by atoms with Gasteiger partial charge in [-0.05, 0) is 24.7 Å². The Bertz CT molecular complexity index is 1220. The molecule has 0 aromatic heterocycles. The summed E-state index contributed by atoms with van der Waals surface area (Å²) in [5.74, 6) is -1.02. The average molecular weight is 543 g/mol. The quantitative estimate of drug-likeness (QED) is 0.544. The maximum Gasteiger partial charge on any atom is 0.416 e. The van der Waals surface area contributed by atoms with E-state index in [0.717, 1.165) is 24.0 Å². The zero-order valence-electron chi connectivity index (χ0n) is 20.7. The first-order chi connectivity index (χ1) is 17.3. The number of likely N-dealkylation sites (tertiary alicyclic amines) is 1. The first-order valence-corrected chi connectivity index (χ1v) is 13.8. The monoisotopic (exact) mass is 542 g/mol. The van der Waals surface area contributed by atoms with Gasteiger partial charge in [-0.2, -0.15) is 17.5 Å². The van der Waals surface area contributed by atoms with Crippen LogP contribution in [0, 0.1) is 5.82 Å². The lowest BCUT2D eigenvalue weighted by molar-refractivity contribution is -0.137. The van der Waals surface area contributed by atoms with Crippen LogP contribution in [0.25, 0.3) is 0 Å². The van der Waals surface area contributed by atoms with Crippen LogP contribution in [0.15, 0.2) is 48.5 Å². The third-order valence-electron chi connectivity index (χ3n) is 7.13. The summed E-state index contributed by atoms with van der Waals surface area (Å²) in [4.78, 5) is 18.6. The van der Waals surface area contributed by atoms with E-state index in [-0.39, 0.29) is 56.3 Å². The van der Waals surface area contributed by atoms with Crippen LogP contribution < -0.4 is 0 Å². The second-order valence-electron chi connectivity index (χ2n) is 9.64. The van der Waals surface area contributed by atoms with E-state index in [0.29, 0.717) is 19.2 Å². The van der Waals surface area contributed by atoms with E-state index in [1.54, 1.807) is 16.8 Å². The van der Waals surface area contributed by atoms with Crippen molar-refractivity contribution in [3.8, 4) is 0 Å². The number of alkyl halides is 3. The molecule has 2 aliphatic heterocycles. The molecule has 2 saturated heterocycles. The minimum atomic E-state index is -4.62. The molecule has 2 amide bonds. The molecule has 2 heterocycles. The van der Waals surface area contributed by atoms with Crippen LogP contribution in [0.3, 0.4) is 0 Å². The zero-order valence-corrected chi connectivity index (χ0v) is 21.5. The number of likely N-dealkylation sites (N-methyl/N-ethyl adjacent to an activating group) is 1. The molecule has 2 aliphatic rings. The molecule has 0 radical (unpaired) electrons. The van der Waals surface area contributed by atoms with Crippen molar-refractivity contribution in [3.63, 3.8) is 0 Å². The summed E-state index contributed by atoms with van der Waals surface area (Å²) in [6.07, 6.45) is -3.47. The van der Waals surface area contributed by atoms with Gasteiger partial charge >= 0.3 is 12.2 Å². The van der Waals surface area contributed by atoms with Crippen LogP contribution >= 0.6 is 0 Å². The van der Waals surface area contributed by atoms with E-state index in [9.17, 15) is 30.8 Å². The van der Waals surface area contributed by atoms with Crippen molar-refractivity contribution >= 4 is 16.1 Å². The molecule has 2 aromatic carbocycles. The van der Waals surface area contributed by atoms with Gasteiger partial charge in [-0.25, -0.2) is 17.6 Å². The number of sulfonamides is 1. The maximum absolute atomic E-state index is 14.6. The average Bonchev–Trinajstić information content (AvgIpc) is 3.30. The third-order valence-corrected chi connectivity index (χ3v) is 8.43. The topological polar surface area (TPSA) is 64.2 Å². The lowest BCUT2D eigenvalue weighted by Gasteiger charge is -2.35. The van der Waals surface area contributed by atoms with E-state index in [1.807, 2.05) is 35.2 Å². The Morgan fingerprint density at radius 2 is 1.65 bits per heavy atom. The van der Waals surface area contributed by atoms with Crippen molar-refractivity contribution < 1.29 is 30.8 Å². The fourth-order valence-electron chi connectivity index (χ4n) is 5.07. The molecule has 0 unspecified atom stereocenters. The van der Waals surface area contributed by atoms with Gasteiger partial charge in [-0.3, -0.25) is 4.90 Å². The smallest absolute Gasteiger partial charge is 0.322 e. The molecule has 0 N–H and O–H groups in total. The molecule has 0 bridgehead atoms. The van der Waals surface area contributed by atoms with E-state index >= 15 is 0 Å². The summed E-state index contributed by atoms with van der Waals surface area (Å²) in [6, 6.07) is 11.8. The normalized spacial score (nSPS) is 21.6. The number of carbonyl (C=O) groups excluding carboxylic acids is 1. The van der Waals surface area contributed by atoms with E-state index in [1.165, 1.54) is 4.31 Å². The van der Waals surface area contributed by atoms with Crippen LogP contribution in [0.2, 0.25) is 0 Å². The predicted molar refractivity (Wildman–Crippen MR) is 131 cm³/mol. The van der Waals surface area contributed by atoms with Crippen molar-refractivity contribution in [1.82, 2.24) is 19.0 Å². The summed E-state index contributed by atoms with van der Waals surface area (Å²) < 4.78 is 78.4. The minimum absolute atomic E-state index is 0.0764. The molecule has 0 spiro atoms. The molecule has 2 aromatic rings. The lowest BCUT2D eigenvalue weighted by atomic mass is 9.93. The Hall–Kier alpha value is -2.70. The van der Waals surface area contributed by atoms with Crippen LogP contribution in [0.5, 0.6) is 0 Å². The number of nitrogens with zero attached hydrogens (tertiary/aromatic N) is 4. The van der Waals surface area contributed by atoms with Crippen LogP contribution in [0.4, 0.5) is 22.4 Å². The fraction of sp³-hybridized carbons (Fsp3) is 0.480. The molecule has 0 saturated carbocycles. The van der Waals surface area contributed by atoms with Gasteiger partial charge in [0.05, 0.1) is 11.8 Å². The van der Waals surface area contributed by atoms with Crippen LogP contribution in [-0.2, 0) is 22.7 Å². The standard InChI is InChI=1S/C25H30F4N4O3S/c1-30(15-19-8-9-20(14-22(19)26)25(27,28)29)23-17-32(16-21(23)18-6-4-3-5-7-18)24(34)31-10-12-33(13-11-31)37(2,35)36/h3-9,14,21,23H,10-13,15-17H2,1-2H3/t21-,23+/m1/s1. The van der Waals surface area contributed by atoms with Gasteiger partial charge in [0.25, 0.3) is 0 Å². The van der Waals surface area contributed by atoms with Gasteiger partial charge in [0.15, 0.2) is 0 Å². The van der Waals surface area contributed by atoms with Gasteiger partial charge in [0, 0.05) is 63.3 Å². The van der Waals surface area contributed by atoms with E-state index in [2.05, 4.69) is 0 Å². The van der Waals surface area contributed by atoms with E-state index < -0.39 is 27.6 Å². The summed E-state index contributed by atoms with van der Waals surface area (Å²) in [5.41, 5.74) is 0.112. The third kappa shape index (κ3) is 6.24. The van der Waals surface area contributed by atoms with Crippen molar-refractivity contribution in [2.24, 2.45) is 0 Å². The van der Waals surface area contributed by atoms with Gasteiger partial charge in [0.2, 0.25) is 10.0 Å². The highest BCUT2D eigenvalue weighted by atomic mass is 32.2. The van der Waals surface area contributed by atoms with Gasteiger partial charge in [-0.15, -0.1) is 0 Å². The van der Waals surface area contributed by atoms with Gasteiger partial charge < -0.3 is 9.80 Å². The molecule has 2 atom stereocenters. The number of hydrogen-bond donors (Lipinski definition) is 0. The molecule has 37 heavy (non-hydrogen) atoms. The highest BCUT2D eigenvalue weighted by molar-refractivity contribution is 7.88. The van der Waals surface area contributed by atoms with Crippen LogP contribution in [0.1, 0.15) is 22.6 Å². The first-order valence-electron chi connectivity index (χ1n) is 11.9. The zero-order chi connectivity index (χ0) is 27.0. The molecule has 4 rings (SSSR count). The van der Waals surface area contributed by atoms with Crippen molar-refractivity contribution in [3.05, 3.63) is 71.0 Å². The largest absolute Gasteiger partial charge is 0.416 e. The minimum Gasteiger partial charge on any atom is -0.322 e. The predicted octanol–water partition coefficient (Wildman–Crippen LogP) is 3.44. The number of piperazine rings is 1. The SMILES string of the molecule is CN(Cc1ccc(C(F)(F)F)cc1F)[C@H]1CN(C(=O)N2CCN(S(C)(=O)=O)CC2)C[C@@H]1c1ccccc1. The van der Waals surface area contributed by atoms with Crippen molar-refractivity contribution in [2.75, 3.05) is 52.6 Å². The number of amides is 2. The molecular formula is C25H30F4N4O3S. The second-order valence-corrected chi connectivity index (χ2v) is 11.6. The molecule has 12 heteroatoms. The van der Waals surface area contributed by atoms with Gasteiger partial charge in [0.1, 0.15) is 5.82 Å². The summed E-state index contributed by atoms with van der Waals surface area (Å²) >= 11 is 0. The Labute approximate surface area is 214 Å². The molecular weight excluding hydrogens is 512 g/mol. The first kappa shape index (κ1) is 27.3. The molecule has 2 fully saturated rings. The second kappa shape index (κ2) is 10.6. The number of urea groups is 1. The number of rotatable bonds is 5. The molecule has 202 valence electrons. The number of carbonyl (C=O) groups is 1. The number of hydrogen-bond acceptors (Lipinski definition) is 4. The van der Waals surface area contributed by atoms with Crippen molar-refractivity contribution in [1.29, 1.82) is 0 Å². The summed E-state index contributed by atoms with van der Waals surface area (Å²) in [6.45, 7) is 1.88. The molecule has 7 nitrogen and oxygen atoms in total. The van der Waals surface area contributed by atoms with Crippen molar-refractivity contribution in [2.45, 2.75) is 24.7 Å². The van der Waals surface area contributed by atoms with E-state index in [4.69, 9.17) is 0 Å². The Morgan fingerprint density at radius 1 is 1.00 bits per heavy atom. The summed E-state index contributed by atoms with van der Waals surface area (Å²) in [7, 11) is -1.55. The number of benzene rings is 2. The lowest BCUT2D eigenvalue weighted by Crippen LogP contribution is -2.53.